The van der Waals surface area contributed by atoms with Crippen LogP contribution in [0.1, 0.15) is 54.9 Å². The first-order valence-electron chi connectivity index (χ1n) is 11.3. The van der Waals surface area contributed by atoms with Crippen molar-refractivity contribution >= 4 is 29.3 Å². The minimum atomic E-state index is -1.58. The van der Waals surface area contributed by atoms with Gasteiger partial charge >= 0.3 is 23.4 Å². The molecular formula is C22H27N5O8. The number of hydrogen-bond donors (Lipinski definition) is 2. The average molecular weight is 489 g/mol. The predicted molar refractivity (Wildman–Crippen MR) is 123 cm³/mol. The summed E-state index contributed by atoms with van der Waals surface area (Å²) in [5, 5.41) is 32.2. The molecule has 13 nitrogen and oxygen atoms in total. The highest BCUT2D eigenvalue weighted by atomic mass is 16.6. The van der Waals surface area contributed by atoms with Gasteiger partial charge in [0.25, 0.3) is 0 Å². The van der Waals surface area contributed by atoms with Crippen molar-refractivity contribution in [2.24, 2.45) is 5.92 Å². The van der Waals surface area contributed by atoms with Gasteiger partial charge in [-0.05, 0) is 44.3 Å². The van der Waals surface area contributed by atoms with Crippen LogP contribution < -0.4 is 5.32 Å². The monoisotopic (exact) mass is 489 g/mol. The highest BCUT2D eigenvalue weighted by molar-refractivity contribution is 5.94. The lowest BCUT2D eigenvalue weighted by atomic mass is 9.79. The largest absolute Gasteiger partial charge is 0.477 e. The molecule has 0 bridgehead atoms. The molecule has 0 unspecified atom stereocenters. The summed E-state index contributed by atoms with van der Waals surface area (Å²) in [7, 11) is 0. The summed E-state index contributed by atoms with van der Waals surface area (Å²) in [6, 6.07) is 3.86. The van der Waals surface area contributed by atoms with E-state index in [2.05, 4.69) is 22.1 Å². The first-order chi connectivity index (χ1) is 16.7. The summed E-state index contributed by atoms with van der Waals surface area (Å²) in [6.45, 7) is 6.35. The van der Waals surface area contributed by atoms with Crippen LogP contribution in [0.15, 0.2) is 22.6 Å². The smallest absolute Gasteiger partial charge is 0.360 e. The second kappa shape index (κ2) is 11.0. The highest BCUT2D eigenvalue weighted by Crippen LogP contribution is 2.36. The van der Waals surface area contributed by atoms with Crippen LogP contribution in [0.25, 0.3) is 0 Å². The van der Waals surface area contributed by atoms with Crippen LogP contribution in [0.2, 0.25) is 0 Å². The molecule has 0 radical (unpaired) electrons. The number of nitrogens with one attached hydrogen (secondary N) is 1. The number of oxazole rings is 1. The van der Waals surface area contributed by atoms with E-state index < -0.39 is 32.8 Å². The van der Waals surface area contributed by atoms with Crippen LogP contribution >= 0.6 is 0 Å². The van der Waals surface area contributed by atoms with E-state index >= 15 is 0 Å². The SMILES string of the molecule is CCC(=O)Nc1nc2c(o1)C[C@@H]1[C@H](CCCN1CC)C2.O=C(O)c1cccc([N+](=O)[O-])c1[N+](=O)[O-]. The molecular weight excluding hydrogens is 462 g/mol. The van der Waals surface area contributed by atoms with Crippen molar-refractivity contribution in [1.29, 1.82) is 0 Å². The van der Waals surface area contributed by atoms with Gasteiger partial charge in [0, 0.05) is 24.9 Å². The number of piperidine rings is 1. The van der Waals surface area contributed by atoms with E-state index in [4.69, 9.17) is 9.52 Å². The Bertz CT molecular complexity index is 1100. The second-order valence-corrected chi connectivity index (χ2v) is 8.29. The van der Waals surface area contributed by atoms with E-state index in [0.29, 0.717) is 24.4 Å². The molecule has 188 valence electrons. The minimum absolute atomic E-state index is 0.0452. The number of carboxylic acids is 1. The summed E-state index contributed by atoms with van der Waals surface area (Å²) < 4.78 is 5.75. The van der Waals surface area contributed by atoms with Gasteiger partial charge in [0.1, 0.15) is 11.3 Å². The fourth-order valence-electron chi connectivity index (χ4n) is 4.58. The van der Waals surface area contributed by atoms with Gasteiger partial charge in [0.15, 0.2) is 0 Å². The molecule has 1 aliphatic heterocycles. The molecule has 1 aliphatic carbocycles. The maximum absolute atomic E-state index is 11.4. The number of carboxylic acid groups (broad SMARTS) is 1. The normalized spacial score (nSPS) is 18.9. The lowest BCUT2D eigenvalue weighted by Gasteiger charge is -2.42. The summed E-state index contributed by atoms with van der Waals surface area (Å²) >= 11 is 0. The number of benzene rings is 1. The number of amides is 1. The molecule has 2 atom stereocenters. The Labute approximate surface area is 200 Å². The maximum Gasteiger partial charge on any atom is 0.360 e. The van der Waals surface area contributed by atoms with Crippen molar-refractivity contribution in [3.05, 3.63) is 55.4 Å². The van der Waals surface area contributed by atoms with Gasteiger partial charge in [-0.3, -0.25) is 35.2 Å². The standard InChI is InChI=1S/C15H23N3O2.C7H4N2O6/c1-3-14(19)17-15-16-11-8-10-6-5-7-18(4-2)12(10)9-13(11)20-15;10-7(11)4-2-1-3-5(8(12)13)6(4)9(14)15/h10,12H,3-9H2,1-2H3,(H,16,17,19);1-3H,(H,10,11)/t10-,12-;/m1./s1. The van der Waals surface area contributed by atoms with Crippen LogP contribution in [0.3, 0.4) is 0 Å². The van der Waals surface area contributed by atoms with Crippen molar-refractivity contribution in [3.63, 3.8) is 0 Å². The van der Waals surface area contributed by atoms with Gasteiger partial charge < -0.3 is 9.52 Å². The second-order valence-electron chi connectivity index (χ2n) is 8.29. The zero-order valence-electron chi connectivity index (χ0n) is 19.4. The molecule has 4 rings (SSSR count). The number of carbonyl (C=O) groups excluding carboxylic acids is 1. The molecule has 2 N–H and O–H groups in total. The molecule has 1 fully saturated rings. The van der Waals surface area contributed by atoms with Gasteiger partial charge in [-0.15, -0.1) is 0 Å². The number of aromatic carboxylic acids is 1. The predicted octanol–water partition coefficient (Wildman–Crippen LogP) is 3.42. The Morgan fingerprint density at radius 2 is 1.97 bits per heavy atom. The van der Waals surface area contributed by atoms with Crippen LogP contribution in [-0.2, 0) is 17.6 Å². The van der Waals surface area contributed by atoms with Crippen molar-refractivity contribution in [1.82, 2.24) is 9.88 Å². The van der Waals surface area contributed by atoms with Crippen molar-refractivity contribution in [2.45, 2.75) is 52.0 Å². The molecule has 13 heteroatoms. The molecule has 1 amide bonds. The Kier molecular flexibility index (Phi) is 8.12. The molecule has 1 saturated heterocycles. The molecule has 1 aromatic heterocycles. The van der Waals surface area contributed by atoms with Crippen molar-refractivity contribution in [2.75, 3.05) is 18.4 Å². The highest BCUT2D eigenvalue weighted by Gasteiger charge is 2.37. The van der Waals surface area contributed by atoms with Gasteiger partial charge in [-0.1, -0.05) is 19.9 Å². The van der Waals surface area contributed by atoms with Crippen LogP contribution in [0.5, 0.6) is 0 Å². The average Bonchev–Trinajstić information content (AvgIpc) is 3.22. The number of aromatic nitrogens is 1. The Hall–Kier alpha value is -3.87. The van der Waals surface area contributed by atoms with Crippen LogP contribution in [0, 0.1) is 26.1 Å². The summed E-state index contributed by atoms with van der Waals surface area (Å²) in [6.07, 6.45) is 4.93. The van der Waals surface area contributed by atoms with E-state index in [1.807, 2.05) is 6.92 Å². The summed E-state index contributed by atoms with van der Waals surface area (Å²) in [4.78, 5) is 47.8. The quantitative estimate of drug-likeness (QED) is 0.450. The number of hydrogen-bond acceptors (Lipinski definition) is 9. The van der Waals surface area contributed by atoms with E-state index in [-0.39, 0.29) is 5.91 Å². The van der Waals surface area contributed by atoms with Crippen LogP contribution in [0.4, 0.5) is 17.4 Å². The zero-order chi connectivity index (χ0) is 25.7. The number of likely N-dealkylation sites (tertiary alicyclic amines) is 1. The number of para-hydroxylation sites is 1. The number of carbonyl (C=O) groups is 2. The lowest BCUT2D eigenvalue weighted by molar-refractivity contribution is -0.422. The van der Waals surface area contributed by atoms with Gasteiger partial charge in [0.2, 0.25) is 5.91 Å². The summed E-state index contributed by atoms with van der Waals surface area (Å²) in [5.74, 6) is 0.0376. The number of rotatable bonds is 6. The number of anilines is 1. The molecule has 0 spiro atoms. The van der Waals surface area contributed by atoms with Gasteiger partial charge in [-0.25, -0.2) is 4.79 Å². The third-order valence-corrected chi connectivity index (χ3v) is 6.26. The Balaban J connectivity index is 0.000000205. The van der Waals surface area contributed by atoms with Crippen molar-refractivity contribution < 1.29 is 29.0 Å². The third kappa shape index (κ3) is 5.80. The number of fused-ring (bicyclic) bond motifs is 2. The van der Waals surface area contributed by atoms with E-state index in [1.165, 1.54) is 19.4 Å². The summed E-state index contributed by atoms with van der Waals surface area (Å²) in [5.41, 5.74) is -1.49. The molecule has 35 heavy (non-hydrogen) atoms. The Morgan fingerprint density at radius 3 is 2.57 bits per heavy atom. The lowest BCUT2D eigenvalue weighted by Crippen LogP contribution is -2.48. The topological polar surface area (TPSA) is 182 Å². The molecule has 2 aliphatic rings. The number of nitro benzene ring substituents is 2. The van der Waals surface area contributed by atoms with Gasteiger partial charge in [0.05, 0.1) is 15.5 Å². The minimum Gasteiger partial charge on any atom is -0.477 e. The Morgan fingerprint density at radius 1 is 1.23 bits per heavy atom. The van der Waals surface area contributed by atoms with E-state index in [0.717, 1.165) is 49.0 Å². The van der Waals surface area contributed by atoms with E-state index in [1.54, 1.807) is 0 Å². The molecule has 2 aromatic rings. The first-order valence-corrected chi connectivity index (χ1v) is 11.3. The van der Waals surface area contributed by atoms with Crippen LogP contribution in [-0.4, -0.2) is 55.8 Å². The number of nitrogens with zero attached hydrogens (tertiary/aromatic N) is 4. The third-order valence-electron chi connectivity index (χ3n) is 6.26. The van der Waals surface area contributed by atoms with E-state index in [9.17, 15) is 29.8 Å². The van der Waals surface area contributed by atoms with Gasteiger partial charge in [-0.2, -0.15) is 4.98 Å². The van der Waals surface area contributed by atoms with Crippen molar-refractivity contribution in [3.8, 4) is 0 Å². The molecule has 1 aromatic carbocycles. The number of nitro groups is 2. The maximum atomic E-state index is 11.4. The zero-order valence-corrected chi connectivity index (χ0v) is 19.4. The first kappa shape index (κ1) is 25.7. The molecule has 0 saturated carbocycles. The fourth-order valence-corrected chi connectivity index (χ4v) is 4.58. The fraction of sp³-hybridized carbons (Fsp3) is 0.500. The number of likely N-dealkylation sites (N-methyl/N-ethyl adjacent to an activating group) is 1. The molecule has 2 heterocycles.